The summed E-state index contributed by atoms with van der Waals surface area (Å²) in [6, 6.07) is 0. The molecule has 0 bridgehead atoms. The number of methoxy groups -OCH3 is 1. The fraction of sp³-hybridized carbons (Fsp3) is 0.647. The van der Waals surface area contributed by atoms with Crippen molar-refractivity contribution in [3.63, 3.8) is 0 Å². The Labute approximate surface area is 141 Å². The second-order valence-corrected chi connectivity index (χ2v) is 7.36. The Morgan fingerprint density at radius 1 is 1.26 bits per heavy atom. The van der Waals surface area contributed by atoms with Crippen LogP contribution in [-0.2, 0) is 14.3 Å². The Morgan fingerprint density at radius 2 is 1.96 bits per heavy atom. The third-order valence-corrected chi connectivity index (χ3v) is 5.61. The molecule has 1 saturated carbocycles. The predicted octanol–water partition coefficient (Wildman–Crippen LogP) is 3.69. The number of esters is 1. The van der Waals surface area contributed by atoms with Crippen molar-refractivity contribution < 1.29 is 19.1 Å². The molecule has 0 saturated heterocycles. The largest absolute Gasteiger partial charge is 0.465 e. The normalized spacial score (nSPS) is 21.0. The molecule has 2 atom stereocenters. The van der Waals surface area contributed by atoms with E-state index in [9.17, 15) is 9.59 Å². The monoisotopic (exact) mass is 339 g/mol. The topological polar surface area (TPSA) is 64.6 Å². The molecule has 1 aromatic heterocycles. The van der Waals surface area contributed by atoms with Gasteiger partial charge in [-0.05, 0) is 38.2 Å². The highest BCUT2D eigenvalue weighted by atomic mass is 32.1. The standard InChI is InChI=1S/C17H25NO4S/c1-10-7-5-6-8-13(10)22-9-14(19)18-16-15(17(20)21-4)11(2)12(3)23-16/h10,13H,5-9H2,1-4H3,(H,18,19). The van der Waals surface area contributed by atoms with E-state index in [0.29, 0.717) is 16.5 Å². The van der Waals surface area contributed by atoms with Crippen LogP contribution in [0.15, 0.2) is 0 Å². The fourth-order valence-electron chi connectivity index (χ4n) is 2.94. The second kappa shape index (κ2) is 7.93. The molecule has 0 aliphatic heterocycles. The Balaban J connectivity index is 1.97. The molecule has 0 spiro atoms. The van der Waals surface area contributed by atoms with Crippen molar-refractivity contribution in [3.05, 3.63) is 16.0 Å². The summed E-state index contributed by atoms with van der Waals surface area (Å²) in [7, 11) is 1.34. The molecule has 5 nitrogen and oxygen atoms in total. The molecule has 23 heavy (non-hydrogen) atoms. The lowest BCUT2D eigenvalue weighted by Crippen LogP contribution is -2.29. The smallest absolute Gasteiger partial charge is 0.341 e. The number of rotatable bonds is 5. The highest BCUT2D eigenvalue weighted by molar-refractivity contribution is 7.16. The molecular formula is C17H25NO4S. The summed E-state index contributed by atoms with van der Waals surface area (Å²) in [5.41, 5.74) is 1.29. The second-order valence-electron chi connectivity index (χ2n) is 6.14. The first-order valence-electron chi connectivity index (χ1n) is 8.03. The molecule has 6 heteroatoms. The number of ether oxygens (including phenoxy) is 2. The van der Waals surface area contributed by atoms with E-state index in [4.69, 9.17) is 9.47 Å². The van der Waals surface area contributed by atoms with Crippen molar-refractivity contribution in [3.8, 4) is 0 Å². The lowest BCUT2D eigenvalue weighted by molar-refractivity contribution is -0.124. The summed E-state index contributed by atoms with van der Waals surface area (Å²) >= 11 is 1.39. The molecule has 128 valence electrons. The maximum Gasteiger partial charge on any atom is 0.341 e. The maximum atomic E-state index is 12.2. The van der Waals surface area contributed by atoms with Crippen molar-refractivity contribution >= 4 is 28.2 Å². The average Bonchev–Trinajstić information content (AvgIpc) is 2.80. The van der Waals surface area contributed by atoms with E-state index in [-0.39, 0.29) is 18.6 Å². The van der Waals surface area contributed by atoms with Crippen molar-refractivity contribution in [1.29, 1.82) is 0 Å². The van der Waals surface area contributed by atoms with Gasteiger partial charge in [0.2, 0.25) is 0 Å². The molecule has 1 N–H and O–H groups in total. The van der Waals surface area contributed by atoms with Gasteiger partial charge < -0.3 is 14.8 Å². The molecular weight excluding hydrogens is 314 g/mol. The van der Waals surface area contributed by atoms with Crippen LogP contribution in [0.25, 0.3) is 0 Å². The number of anilines is 1. The Hall–Kier alpha value is -1.40. The van der Waals surface area contributed by atoms with Gasteiger partial charge in [0.25, 0.3) is 5.91 Å². The van der Waals surface area contributed by atoms with E-state index >= 15 is 0 Å². The van der Waals surface area contributed by atoms with Crippen molar-refractivity contribution in [2.75, 3.05) is 19.0 Å². The van der Waals surface area contributed by atoms with Gasteiger partial charge in [0.05, 0.1) is 18.8 Å². The van der Waals surface area contributed by atoms with Gasteiger partial charge in [-0.3, -0.25) is 4.79 Å². The highest BCUT2D eigenvalue weighted by Gasteiger charge is 2.24. The Morgan fingerprint density at radius 3 is 2.61 bits per heavy atom. The zero-order valence-electron chi connectivity index (χ0n) is 14.2. The molecule has 1 aliphatic carbocycles. The highest BCUT2D eigenvalue weighted by Crippen LogP contribution is 2.33. The van der Waals surface area contributed by atoms with Crippen LogP contribution < -0.4 is 5.32 Å². The summed E-state index contributed by atoms with van der Waals surface area (Å²) < 4.78 is 10.6. The zero-order valence-corrected chi connectivity index (χ0v) is 15.0. The number of aryl methyl sites for hydroxylation is 1. The Bertz CT molecular complexity index is 581. The number of nitrogens with one attached hydrogen (secondary N) is 1. The minimum atomic E-state index is -0.427. The minimum Gasteiger partial charge on any atom is -0.465 e. The minimum absolute atomic E-state index is 0.0195. The van der Waals surface area contributed by atoms with Gasteiger partial charge in [-0.2, -0.15) is 0 Å². The van der Waals surface area contributed by atoms with Crippen molar-refractivity contribution in [2.24, 2.45) is 5.92 Å². The summed E-state index contributed by atoms with van der Waals surface area (Å²) in [6.45, 7) is 5.96. The first-order valence-corrected chi connectivity index (χ1v) is 8.85. The van der Waals surface area contributed by atoms with Gasteiger partial charge in [0, 0.05) is 4.88 Å². The van der Waals surface area contributed by atoms with Crippen LogP contribution in [0.1, 0.15) is 53.4 Å². The van der Waals surface area contributed by atoms with Gasteiger partial charge in [0.1, 0.15) is 11.6 Å². The van der Waals surface area contributed by atoms with Crippen LogP contribution in [0.2, 0.25) is 0 Å². The van der Waals surface area contributed by atoms with Crippen LogP contribution in [0, 0.1) is 19.8 Å². The van der Waals surface area contributed by atoms with Crippen LogP contribution in [0.5, 0.6) is 0 Å². The molecule has 1 aliphatic rings. The summed E-state index contributed by atoms with van der Waals surface area (Å²) in [6.07, 6.45) is 4.72. The van der Waals surface area contributed by atoms with Gasteiger partial charge in [-0.1, -0.05) is 19.8 Å². The number of carbonyl (C=O) groups excluding carboxylic acids is 2. The van der Waals surface area contributed by atoms with E-state index in [0.717, 1.165) is 29.7 Å². The van der Waals surface area contributed by atoms with Crippen LogP contribution in [0.3, 0.4) is 0 Å². The number of amides is 1. The lowest BCUT2D eigenvalue weighted by atomic mass is 9.88. The average molecular weight is 339 g/mol. The molecule has 2 unspecified atom stereocenters. The fourth-order valence-corrected chi connectivity index (χ4v) is 4.00. The summed E-state index contributed by atoms with van der Waals surface area (Å²) in [5, 5.41) is 3.33. The maximum absolute atomic E-state index is 12.2. The number of hydrogen-bond donors (Lipinski definition) is 1. The quantitative estimate of drug-likeness (QED) is 0.831. The predicted molar refractivity (Wildman–Crippen MR) is 91.1 cm³/mol. The molecule has 0 aromatic carbocycles. The number of thiophene rings is 1. The lowest BCUT2D eigenvalue weighted by Gasteiger charge is -2.28. The van der Waals surface area contributed by atoms with Crippen LogP contribution in [0.4, 0.5) is 5.00 Å². The number of carbonyl (C=O) groups is 2. The summed E-state index contributed by atoms with van der Waals surface area (Å²) in [4.78, 5) is 25.1. The molecule has 0 radical (unpaired) electrons. The van der Waals surface area contributed by atoms with Gasteiger partial charge in [-0.15, -0.1) is 11.3 Å². The zero-order chi connectivity index (χ0) is 17.0. The van der Waals surface area contributed by atoms with Gasteiger partial charge in [0.15, 0.2) is 0 Å². The third-order valence-electron chi connectivity index (χ3n) is 4.49. The van der Waals surface area contributed by atoms with Crippen LogP contribution >= 0.6 is 11.3 Å². The first kappa shape index (κ1) is 17.9. The van der Waals surface area contributed by atoms with E-state index in [1.165, 1.54) is 24.9 Å². The summed E-state index contributed by atoms with van der Waals surface area (Å²) in [5.74, 6) is -0.161. The van der Waals surface area contributed by atoms with E-state index in [2.05, 4.69) is 12.2 Å². The van der Waals surface area contributed by atoms with Gasteiger partial charge in [-0.25, -0.2) is 4.79 Å². The first-order chi connectivity index (χ1) is 10.9. The van der Waals surface area contributed by atoms with Crippen molar-refractivity contribution in [1.82, 2.24) is 0 Å². The SMILES string of the molecule is COC(=O)c1c(NC(=O)COC2CCCCC2C)sc(C)c1C. The molecule has 1 fully saturated rings. The van der Waals surface area contributed by atoms with E-state index in [1.807, 2.05) is 13.8 Å². The van der Waals surface area contributed by atoms with E-state index < -0.39 is 5.97 Å². The van der Waals surface area contributed by atoms with Crippen molar-refractivity contribution in [2.45, 2.75) is 52.6 Å². The molecule has 1 aromatic rings. The Kier molecular flexibility index (Phi) is 6.18. The molecule has 1 heterocycles. The number of hydrogen-bond acceptors (Lipinski definition) is 5. The molecule has 1 amide bonds. The van der Waals surface area contributed by atoms with E-state index in [1.54, 1.807) is 0 Å². The van der Waals surface area contributed by atoms with Crippen LogP contribution in [-0.4, -0.2) is 31.7 Å². The van der Waals surface area contributed by atoms with Gasteiger partial charge >= 0.3 is 5.97 Å². The molecule has 2 rings (SSSR count). The third kappa shape index (κ3) is 4.32.